The lowest BCUT2D eigenvalue weighted by molar-refractivity contribution is -0.117. The first-order chi connectivity index (χ1) is 11.6. The van der Waals surface area contributed by atoms with Gasteiger partial charge in [0.15, 0.2) is 0 Å². The fourth-order valence-corrected chi connectivity index (χ4v) is 3.75. The van der Waals surface area contributed by atoms with Gasteiger partial charge >= 0.3 is 0 Å². The number of likely N-dealkylation sites (tertiary alicyclic amines) is 1. The summed E-state index contributed by atoms with van der Waals surface area (Å²) in [5.74, 6) is 0.807. The Bertz CT molecular complexity index is 630. The molecule has 5 heteroatoms. The van der Waals surface area contributed by atoms with Crippen LogP contribution in [0.1, 0.15) is 38.2 Å². The van der Waals surface area contributed by atoms with Gasteiger partial charge in [0, 0.05) is 29.2 Å². The Morgan fingerprint density at radius 2 is 2.29 bits per heavy atom. The number of hydrogen-bond donors (Lipinski definition) is 1. The first-order valence-electron chi connectivity index (χ1n) is 8.78. The van der Waals surface area contributed by atoms with Crippen molar-refractivity contribution in [3.63, 3.8) is 0 Å². The minimum absolute atomic E-state index is 0.0210. The third kappa shape index (κ3) is 4.39. The summed E-state index contributed by atoms with van der Waals surface area (Å²) < 4.78 is 6.65. The molecule has 1 amide bonds. The van der Waals surface area contributed by atoms with Crippen molar-refractivity contribution in [1.29, 1.82) is 0 Å². The summed E-state index contributed by atoms with van der Waals surface area (Å²) in [7, 11) is 0. The van der Waals surface area contributed by atoms with E-state index in [0.29, 0.717) is 24.8 Å². The summed E-state index contributed by atoms with van der Waals surface area (Å²) in [6.07, 6.45) is 6.86. The molecule has 1 atom stereocenters. The van der Waals surface area contributed by atoms with Crippen LogP contribution in [0.2, 0.25) is 0 Å². The van der Waals surface area contributed by atoms with E-state index in [1.54, 1.807) is 0 Å². The SMILES string of the molecule is C[C@H]1CCCCN1CCCNC(=O)C1=Cc2cc(Br)ccc2OC1. The number of piperidine rings is 1. The van der Waals surface area contributed by atoms with E-state index in [1.165, 1.54) is 25.8 Å². The molecule has 0 spiro atoms. The monoisotopic (exact) mass is 392 g/mol. The van der Waals surface area contributed by atoms with Gasteiger partial charge in [-0.3, -0.25) is 4.79 Å². The minimum Gasteiger partial charge on any atom is -0.488 e. The predicted octanol–water partition coefficient (Wildman–Crippen LogP) is 3.61. The number of benzene rings is 1. The van der Waals surface area contributed by atoms with Crippen molar-refractivity contribution in [3.8, 4) is 5.75 Å². The molecule has 1 aromatic rings. The van der Waals surface area contributed by atoms with E-state index in [0.717, 1.165) is 28.8 Å². The quantitative estimate of drug-likeness (QED) is 0.778. The Balaban J connectivity index is 1.47. The molecule has 2 aliphatic rings. The van der Waals surface area contributed by atoms with Gasteiger partial charge in [-0.2, -0.15) is 0 Å². The van der Waals surface area contributed by atoms with E-state index < -0.39 is 0 Å². The predicted molar refractivity (Wildman–Crippen MR) is 100 cm³/mol. The number of rotatable bonds is 5. The molecule has 0 aromatic heterocycles. The van der Waals surface area contributed by atoms with E-state index in [4.69, 9.17) is 4.74 Å². The topological polar surface area (TPSA) is 41.6 Å². The molecule has 3 rings (SSSR count). The molecule has 0 aliphatic carbocycles. The molecule has 1 saturated heterocycles. The largest absolute Gasteiger partial charge is 0.488 e. The Labute approximate surface area is 152 Å². The van der Waals surface area contributed by atoms with Crippen molar-refractivity contribution in [2.75, 3.05) is 26.2 Å². The molecule has 130 valence electrons. The molecule has 4 nitrogen and oxygen atoms in total. The molecule has 1 fully saturated rings. The third-order valence-corrected chi connectivity index (χ3v) is 5.32. The molecule has 2 heterocycles. The van der Waals surface area contributed by atoms with Crippen molar-refractivity contribution in [2.24, 2.45) is 0 Å². The summed E-state index contributed by atoms with van der Waals surface area (Å²) in [6, 6.07) is 6.52. The van der Waals surface area contributed by atoms with E-state index in [9.17, 15) is 4.79 Å². The van der Waals surface area contributed by atoms with Crippen LogP contribution >= 0.6 is 15.9 Å². The molecular weight excluding hydrogens is 368 g/mol. The lowest BCUT2D eigenvalue weighted by atomic mass is 10.0. The Hall–Kier alpha value is -1.33. The van der Waals surface area contributed by atoms with Crippen molar-refractivity contribution in [2.45, 2.75) is 38.6 Å². The number of halogens is 1. The van der Waals surface area contributed by atoms with E-state index in [2.05, 4.69) is 33.1 Å². The molecule has 2 aliphatic heterocycles. The first kappa shape index (κ1) is 17.5. The van der Waals surface area contributed by atoms with Crippen LogP contribution in [0.5, 0.6) is 5.75 Å². The summed E-state index contributed by atoms with van der Waals surface area (Å²) in [5, 5.41) is 3.03. The number of nitrogens with zero attached hydrogens (tertiary/aromatic N) is 1. The van der Waals surface area contributed by atoms with Gasteiger partial charge < -0.3 is 15.0 Å². The summed E-state index contributed by atoms with van der Waals surface area (Å²) in [6.45, 7) is 5.61. The lowest BCUT2D eigenvalue weighted by Crippen LogP contribution is -2.39. The highest BCUT2D eigenvalue weighted by Gasteiger charge is 2.19. The molecule has 0 radical (unpaired) electrons. The Kier molecular flexibility index (Phi) is 5.95. The van der Waals surface area contributed by atoms with Gasteiger partial charge in [-0.05, 0) is 57.0 Å². The van der Waals surface area contributed by atoms with Crippen LogP contribution in [0.3, 0.4) is 0 Å². The number of amides is 1. The normalized spacial score (nSPS) is 20.8. The summed E-state index contributed by atoms with van der Waals surface area (Å²) in [5.41, 5.74) is 1.63. The average Bonchev–Trinajstić information content (AvgIpc) is 2.59. The van der Waals surface area contributed by atoms with Crippen molar-refractivity contribution in [1.82, 2.24) is 10.2 Å². The maximum atomic E-state index is 12.3. The molecular formula is C19H25BrN2O2. The lowest BCUT2D eigenvalue weighted by Gasteiger charge is -2.33. The number of carbonyl (C=O) groups is 1. The molecule has 0 saturated carbocycles. The second-order valence-corrected chi connectivity index (χ2v) is 7.55. The van der Waals surface area contributed by atoms with Gasteiger partial charge in [0.05, 0.1) is 5.57 Å². The highest BCUT2D eigenvalue weighted by molar-refractivity contribution is 9.10. The van der Waals surface area contributed by atoms with Crippen LogP contribution in [0.25, 0.3) is 6.08 Å². The first-order valence-corrected chi connectivity index (χ1v) is 9.58. The second-order valence-electron chi connectivity index (χ2n) is 6.63. The second kappa shape index (κ2) is 8.17. The zero-order valence-electron chi connectivity index (χ0n) is 14.2. The van der Waals surface area contributed by atoms with Gasteiger partial charge in [0.25, 0.3) is 5.91 Å². The maximum absolute atomic E-state index is 12.3. The number of hydrogen-bond acceptors (Lipinski definition) is 3. The number of fused-ring (bicyclic) bond motifs is 1. The molecule has 24 heavy (non-hydrogen) atoms. The summed E-state index contributed by atoms with van der Waals surface area (Å²) in [4.78, 5) is 14.9. The highest BCUT2D eigenvalue weighted by atomic mass is 79.9. The standard InChI is InChI=1S/C19H25BrN2O2/c1-14-5-2-3-9-22(14)10-4-8-21-19(23)16-11-15-12-17(20)6-7-18(15)24-13-16/h6-7,11-12,14H,2-5,8-10,13H2,1H3,(H,21,23)/t14-/m0/s1. The van der Waals surface area contributed by atoms with Crippen molar-refractivity contribution in [3.05, 3.63) is 33.8 Å². The van der Waals surface area contributed by atoms with Crippen LogP contribution in [0.4, 0.5) is 0 Å². The van der Waals surface area contributed by atoms with Gasteiger partial charge in [0.1, 0.15) is 12.4 Å². The fraction of sp³-hybridized carbons (Fsp3) is 0.526. The molecule has 1 aromatic carbocycles. The Morgan fingerprint density at radius 1 is 1.42 bits per heavy atom. The van der Waals surface area contributed by atoms with Crippen molar-refractivity contribution < 1.29 is 9.53 Å². The minimum atomic E-state index is -0.0210. The smallest absolute Gasteiger partial charge is 0.250 e. The van der Waals surface area contributed by atoms with Crippen molar-refractivity contribution >= 4 is 27.9 Å². The van der Waals surface area contributed by atoms with Crippen LogP contribution < -0.4 is 10.1 Å². The van der Waals surface area contributed by atoms with Gasteiger partial charge in [-0.15, -0.1) is 0 Å². The van der Waals surface area contributed by atoms with Crippen LogP contribution in [-0.4, -0.2) is 43.1 Å². The zero-order chi connectivity index (χ0) is 16.9. The van der Waals surface area contributed by atoms with Gasteiger partial charge in [-0.25, -0.2) is 0 Å². The highest BCUT2D eigenvalue weighted by Crippen LogP contribution is 2.29. The van der Waals surface area contributed by atoms with E-state index >= 15 is 0 Å². The average molecular weight is 393 g/mol. The fourth-order valence-electron chi connectivity index (χ4n) is 3.37. The summed E-state index contributed by atoms with van der Waals surface area (Å²) >= 11 is 3.45. The van der Waals surface area contributed by atoms with Crippen LogP contribution in [0, 0.1) is 0 Å². The van der Waals surface area contributed by atoms with Crippen LogP contribution in [-0.2, 0) is 4.79 Å². The molecule has 0 bridgehead atoms. The molecule has 1 N–H and O–H groups in total. The van der Waals surface area contributed by atoms with Crippen LogP contribution in [0.15, 0.2) is 28.2 Å². The maximum Gasteiger partial charge on any atom is 0.250 e. The number of ether oxygens (including phenoxy) is 1. The van der Waals surface area contributed by atoms with E-state index in [1.807, 2.05) is 24.3 Å². The number of carbonyl (C=O) groups excluding carboxylic acids is 1. The van der Waals surface area contributed by atoms with Gasteiger partial charge in [-0.1, -0.05) is 22.4 Å². The van der Waals surface area contributed by atoms with Gasteiger partial charge in [0.2, 0.25) is 0 Å². The Morgan fingerprint density at radius 3 is 3.12 bits per heavy atom. The zero-order valence-corrected chi connectivity index (χ0v) is 15.8. The number of nitrogens with one attached hydrogen (secondary N) is 1. The molecule has 0 unspecified atom stereocenters. The van der Waals surface area contributed by atoms with E-state index in [-0.39, 0.29) is 5.91 Å². The third-order valence-electron chi connectivity index (χ3n) is 4.82.